The van der Waals surface area contributed by atoms with Crippen molar-refractivity contribution in [3.05, 3.63) is 47.2 Å². The first-order chi connectivity index (χ1) is 14.1. The van der Waals surface area contributed by atoms with E-state index in [0.29, 0.717) is 23.9 Å². The largest absolute Gasteiger partial charge is 0.465 e. The molecular formula is C23H29NO5. The van der Waals surface area contributed by atoms with Crippen molar-refractivity contribution in [3.63, 3.8) is 0 Å². The van der Waals surface area contributed by atoms with Gasteiger partial charge in [0.05, 0.1) is 31.9 Å². The number of nitrogens with one attached hydrogen (secondary N) is 1. The normalized spacial score (nSPS) is 15.4. The number of ether oxygens (including phenoxy) is 2. The summed E-state index contributed by atoms with van der Waals surface area (Å²) in [5.41, 5.74) is 1.18. The van der Waals surface area contributed by atoms with E-state index in [-0.39, 0.29) is 11.1 Å². The maximum absolute atomic E-state index is 12.0. The molecule has 1 N–H and O–H groups in total. The fourth-order valence-electron chi connectivity index (χ4n) is 3.77. The highest BCUT2D eigenvalue weighted by Gasteiger charge is 2.17. The van der Waals surface area contributed by atoms with E-state index in [1.165, 1.54) is 65.2 Å². The molecule has 0 aliphatic heterocycles. The summed E-state index contributed by atoms with van der Waals surface area (Å²) in [4.78, 5) is 24.0. The standard InChI is InChI=1S/C23H29NO5/c1-27-22(25)17-12-16(13-18(14-17)23(26)28-2)21-11-10-20(29-21)15-24-19-8-6-4-3-5-7-9-19/h10-14,19,24H,3-9,15H2,1-2H3. The molecule has 0 bridgehead atoms. The molecule has 2 aromatic rings. The molecular weight excluding hydrogens is 370 g/mol. The number of hydrogen-bond acceptors (Lipinski definition) is 6. The second kappa shape index (κ2) is 10.3. The third-order valence-electron chi connectivity index (χ3n) is 5.39. The number of rotatable bonds is 6. The second-order valence-corrected chi connectivity index (χ2v) is 7.47. The zero-order valence-corrected chi connectivity index (χ0v) is 17.2. The summed E-state index contributed by atoms with van der Waals surface area (Å²) < 4.78 is 15.6. The minimum atomic E-state index is -0.519. The zero-order valence-electron chi connectivity index (χ0n) is 17.2. The monoisotopic (exact) mass is 399 g/mol. The van der Waals surface area contributed by atoms with E-state index in [4.69, 9.17) is 13.9 Å². The Balaban J connectivity index is 1.74. The lowest BCUT2D eigenvalue weighted by atomic mass is 9.97. The summed E-state index contributed by atoms with van der Waals surface area (Å²) in [7, 11) is 2.61. The Morgan fingerprint density at radius 3 is 2.10 bits per heavy atom. The Morgan fingerprint density at radius 1 is 0.931 bits per heavy atom. The maximum atomic E-state index is 12.0. The molecule has 6 nitrogen and oxygen atoms in total. The molecule has 1 aliphatic rings. The lowest BCUT2D eigenvalue weighted by molar-refractivity contribution is 0.0599. The van der Waals surface area contributed by atoms with Crippen molar-refractivity contribution in [3.8, 4) is 11.3 Å². The van der Waals surface area contributed by atoms with Crippen molar-refractivity contribution in [2.75, 3.05) is 14.2 Å². The minimum absolute atomic E-state index is 0.274. The van der Waals surface area contributed by atoms with Crippen molar-refractivity contribution >= 4 is 11.9 Å². The highest BCUT2D eigenvalue weighted by Crippen LogP contribution is 2.26. The van der Waals surface area contributed by atoms with Crippen LogP contribution >= 0.6 is 0 Å². The van der Waals surface area contributed by atoms with Gasteiger partial charge in [-0.05, 0) is 43.2 Å². The van der Waals surface area contributed by atoms with Gasteiger partial charge in [-0.3, -0.25) is 0 Å². The van der Waals surface area contributed by atoms with Crippen LogP contribution in [0.5, 0.6) is 0 Å². The summed E-state index contributed by atoms with van der Waals surface area (Å²) >= 11 is 0. The summed E-state index contributed by atoms with van der Waals surface area (Å²) in [6, 6.07) is 9.07. The SMILES string of the molecule is COC(=O)c1cc(C(=O)OC)cc(-c2ccc(CNC3CCCCCCC3)o2)c1. The van der Waals surface area contributed by atoms with Gasteiger partial charge in [-0.15, -0.1) is 0 Å². The predicted octanol–water partition coefficient (Wildman–Crippen LogP) is 4.72. The Hall–Kier alpha value is -2.60. The molecule has 0 radical (unpaired) electrons. The van der Waals surface area contributed by atoms with Crippen LogP contribution in [-0.4, -0.2) is 32.2 Å². The summed E-state index contributed by atoms with van der Waals surface area (Å²) in [6.07, 6.45) is 8.96. The van der Waals surface area contributed by atoms with Crippen molar-refractivity contribution in [2.45, 2.75) is 57.5 Å². The van der Waals surface area contributed by atoms with Crippen molar-refractivity contribution < 1.29 is 23.5 Å². The van der Waals surface area contributed by atoms with Gasteiger partial charge in [0.2, 0.25) is 0 Å². The van der Waals surface area contributed by atoms with Crippen LogP contribution in [0, 0.1) is 0 Å². The lowest BCUT2D eigenvalue weighted by Gasteiger charge is -2.20. The number of furan rings is 1. The molecule has 6 heteroatoms. The number of benzene rings is 1. The van der Waals surface area contributed by atoms with E-state index in [1.807, 2.05) is 12.1 Å². The lowest BCUT2D eigenvalue weighted by Crippen LogP contribution is -2.29. The van der Waals surface area contributed by atoms with Crippen LogP contribution in [0.2, 0.25) is 0 Å². The van der Waals surface area contributed by atoms with Crippen LogP contribution < -0.4 is 5.32 Å². The zero-order chi connectivity index (χ0) is 20.6. The van der Waals surface area contributed by atoms with Crippen molar-refractivity contribution in [1.82, 2.24) is 5.32 Å². The topological polar surface area (TPSA) is 77.8 Å². The van der Waals surface area contributed by atoms with Gasteiger partial charge in [0.25, 0.3) is 0 Å². The van der Waals surface area contributed by atoms with Crippen LogP contribution in [0.4, 0.5) is 0 Å². The van der Waals surface area contributed by atoms with Gasteiger partial charge in [0.1, 0.15) is 11.5 Å². The molecule has 1 aromatic carbocycles. The number of carbonyl (C=O) groups is 2. The van der Waals surface area contributed by atoms with E-state index < -0.39 is 11.9 Å². The van der Waals surface area contributed by atoms with Crippen LogP contribution in [0.1, 0.15) is 71.4 Å². The number of methoxy groups -OCH3 is 2. The van der Waals surface area contributed by atoms with Gasteiger partial charge < -0.3 is 19.2 Å². The highest BCUT2D eigenvalue weighted by atomic mass is 16.5. The molecule has 0 saturated heterocycles. The second-order valence-electron chi connectivity index (χ2n) is 7.47. The van der Waals surface area contributed by atoms with Crippen LogP contribution in [0.3, 0.4) is 0 Å². The number of esters is 2. The first kappa shape index (κ1) is 21.1. The maximum Gasteiger partial charge on any atom is 0.337 e. The predicted molar refractivity (Wildman–Crippen MR) is 110 cm³/mol. The molecule has 1 aliphatic carbocycles. The molecule has 0 spiro atoms. The van der Waals surface area contributed by atoms with Gasteiger partial charge in [-0.1, -0.05) is 32.1 Å². The number of hydrogen-bond donors (Lipinski definition) is 1. The summed E-state index contributed by atoms with van der Waals surface area (Å²) in [6.45, 7) is 0.658. The van der Waals surface area contributed by atoms with Crippen LogP contribution in [0.25, 0.3) is 11.3 Å². The molecule has 1 heterocycles. The smallest absolute Gasteiger partial charge is 0.337 e. The highest BCUT2D eigenvalue weighted by molar-refractivity contribution is 5.97. The fourth-order valence-corrected chi connectivity index (χ4v) is 3.77. The van der Waals surface area contributed by atoms with E-state index in [1.54, 1.807) is 12.1 Å². The molecule has 0 unspecified atom stereocenters. The van der Waals surface area contributed by atoms with Crippen LogP contribution in [0.15, 0.2) is 34.7 Å². The molecule has 1 fully saturated rings. The first-order valence-corrected chi connectivity index (χ1v) is 10.2. The minimum Gasteiger partial charge on any atom is -0.465 e. The first-order valence-electron chi connectivity index (χ1n) is 10.2. The summed E-state index contributed by atoms with van der Waals surface area (Å²) in [5, 5.41) is 3.61. The van der Waals surface area contributed by atoms with E-state index >= 15 is 0 Å². The molecule has 0 amide bonds. The van der Waals surface area contributed by atoms with Crippen LogP contribution in [-0.2, 0) is 16.0 Å². The van der Waals surface area contributed by atoms with E-state index in [9.17, 15) is 9.59 Å². The molecule has 0 atom stereocenters. The van der Waals surface area contributed by atoms with Gasteiger partial charge in [-0.2, -0.15) is 0 Å². The van der Waals surface area contributed by atoms with Gasteiger partial charge in [0.15, 0.2) is 0 Å². The molecule has 29 heavy (non-hydrogen) atoms. The third-order valence-corrected chi connectivity index (χ3v) is 5.39. The van der Waals surface area contributed by atoms with E-state index in [2.05, 4.69) is 5.32 Å². The van der Waals surface area contributed by atoms with Crippen molar-refractivity contribution in [2.24, 2.45) is 0 Å². The average Bonchev–Trinajstić information content (AvgIpc) is 3.20. The van der Waals surface area contributed by atoms with Gasteiger partial charge >= 0.3 is 11.9 Å². The molecule has 1 saturated carbocycles. The molecule has 1 aromatic heterocycles. The summed E-state index contributed by atoms with van der Waals surface area (Å²) in [5.74, 6) is 0.380. The van der Waals surface area contributed by atoms with Gasteiger partial charge in [0, 0.05) is 11.6 Å². The number of carbonyl (C=O) groups excluding carboxylic acids is 2. The third kappa shape index (κ3) is 5.70. The Morgan fingerprint density at radius 2 is 1.52 bits per heavy atom. The van der Waals surface area contributed by atoms with Gasteiger partial charge in [-0.25, -0.2) is 9.59 Å². The molecule has 156 valence electrons. The van der Waals surface area contributed by atoms with E-state index in [0.717, 1.165) is 5.76 Å². The molecule has 3 rings (SSSR count). The fraction of sp³-hybridized carbons (Fsp3) is 0.478. The Kier molecular flexibility index (Phi) is 7.47. The Labute approximate surface area is 171 Å². The quantitative estimate of drug-likeness (QED) is 0.708. The Bertz CT molecular complexity index is 799. The van der Waals surface area contributed by atoms with Crippen molar-refractivity contribution in [1.29, 1.82) is 0 Å². The average molecular weight is 399 g/mol.